The fourth-order valence-corrected chi connectivity index (χ4v) is 2.17. The summed E-state index contributed by atoms with van der Waals surface area (Å²) < 4.78 is 42.8. The highest BCUT2D eigenvalue weighted by atomic mass is 19.4. The van der Waals surface area contributed by atoms with Gasteiger partial charge in [0.2, 0.25) is 0 Å². The van der Waals surface area contributed by atoms with Crippen molar-refractivity contribution in [1.82, 2.24) is 5.32 Å². The lowest BCUT2D eigenvalue weighted by Gasteiger charge is -2.31. The molecule has 100 valence electrons. The van der Waals surface area contributed by atoms with Gasteiger partial charge in [0.05, 0.1) is 19.1 Å². The molecule has 0 radical (unpaired) electrons. The molecule has 0 aromatic rings. The van der Waals surface area contributed by atoms with Crippen molar-refractivity contribution in [3.8, 4) is 0 Å². The largest absolute Gasteiger partial charge is 0.391 e. The van der Waals surface area contributed by atoms with E-state index in [4.69, 9.17) is 4.74 Å². The molecule has 1 aliphatic rings. The minimum absolute atomic E-state index is 0.0253. The first-order valence-corrected chi connectivity index (χ1v) is 6.02. The fourth-order valence-electron chi connectivity index (χ4n) is 2.17. The summed E-state index contributed by atoms with van der Waals surface area (Å²) in [5, 5.41) is 3.12. The lowest BCUT2D eigenvalue weighted by atomic mass is 9.85. The van der Waals surface area contributed by atoms with Gasteiger partial charge in [-0.05, 0) is 19.3 Å². The number of rotatable bonds is 6. The van der Waals surface area contributed by atoms with E-state index in [0.717, 1.165) is 6.42 Å². The minimum Gasteiger partial charge on any atom is -0.376 e. The molecule has 2 nitrogen and oxygen atoms in total. The summed E-state index contributed by atoms with van der Waals surface area (Å²) in [4.78, 5) is 0. The van der Waals surface area contributed by atoms with E-state index in [-0.39, 0.29) is 18.9 Å². The summed E-state index contributed by atoms with van der Waals surface area (Å²) in [6.45, 7) is 5.11. The molecule has 2 unspecified atom stereocenters. The van der Waals surface area contributed by atoms with Gasteiger partial charge in [0, 0.05) is 12.6 Å². The smallest absolute Gasteiger partial charge is 0.376 e. The first kappa shape index (κ1) is 14.5. The highest BCUT2D eigenvalue weighted by Crippen LogP contribution is 2.37. The molecule has 1 fully saturated rings. The minimum atomic E-state index is -4.04. The van der Waals surface area contributed by atoms with Crippen molar-refractivity contribution in [3.63, 3.8) is 0 Å². The van der Waals surface area contributed by atoms with Gasteiger partial charge in [-0.2, -0.15) is 13.2 Å². The molecule has 2 atom stereocenters. The third-order valence-electron chi connectivity index (χ3n) is 3.05. The molecule has 0 aromatic carbocycles. The number of hydrogen-bond acceptors (Lipinski definition) is 2. The molecule has 1 rings (SSSR count). The zero-order chi connectivity index (χ0) is 12.7. The summed E-state index contributed by atoms with van der Waals surface area (Å²) in [6.07, 6.45) is -0.441. The number of halogens is 3. The van der Waals surface area contributed by atoms with Crippen LogP contribution in [0.1, 0.15) is 25.7 Å². The molecule has 1 saturated carbocycles. The maximum absolute atomic E-state index is 12.5. The Kier molecular flexibility index (Phi) is 5.98. The molecular weight excluding hydrogens is 231 g/mol. The first-order chi connectivity index (χ1) is 8.04. The van der Waals surface area contributed by atoms with E-state index in [1.54, 1.807) is 6.08 Å². The van der Waals surface area contributed by atoms with Crippen LogP contribution >= 0.6 is 0 Å². The highest BCUT2D eigenvalue weighted by molar-refractivity contribution is 4.81. The van der Waals surface area contributed by atoms with Gasteiger partial charge in [-0.25, -0.2) is 0 Å². The lowest BCUT2D eigenvalue weighted by molar-refractivity contribution is -0.183. The van der Waals surface area contributed by atoms with Crippen LogP contribution in [-0.2, 0) is 4.74 Å². The van der Waals surface area contributed by atoms with Crippen LogP contribution in [0.5, 0.6) is 0 Å². The van der Waals surface area contributed by atoms with Gasteiger partial charge in [-0.3, -0.25) is 0 Å². The van der Waals surface area contributed by atoms with E-state index < -0.39 is 12.1 Å². The second kappa shape index (κ2) is 7.01. The van der Waals surface area contributed by atoms with Crippen molar-refractivity contribution in [2.75, 3.05) is 19.8 Å². The van der Waals surface area contributed by atoms with Crippen molar-refractivity contribution in [1.29, 1.82) is 0 Å². The van der Waals surface area contributed by atoms with Crippen LogP contribution < -0.4 is 5.32 Å². The van der Waals surface area contributed by atoms with Crippen LogP contribution in [0, 0.1) is 5.92 Å². The Morgan fingerprint density at radius 1 is 1.35 bits per heavy atom. The molecule has 0 heterocycles. The molecule has 5 heteroatoms. The maximum atomic E-state index is 12.5. The number of alkyl halides is 3. The van der Waals surface area contributed by atoms with E-state index in [2.05, 4.69) is 11.9 Å². The molecule has 0 aliphatic heterocycles. The van der Waals surface area contributed by atoms with Crippen molar-refractivity contribution in [3.05, 3.63) is 12.7 Å². The fraction of sp³-hybridized carbons (Fsp3) is 0.833. The van der Waals surface area contributed by atoms with Crippen LogP contribution in [0.25, 0.3) is 0 Å². The van der Waals surface area contributed by atoms with Crippen molar-refractivity contribution >= 4 is 0 Å². The van der Waals surface area contributed by atoms with Gasteiger partial charge >= 0.3 is 6.18 Å². The van der Waals surface area contributed by atoms with Gasteiger partial charge in [0.1, 0.15) is 0 Å². The third-order valence-corrected chi connectivity index (χ3v) is 3.05. The first-order valence-electron chi connectivity index (χ1n) is 6.02. The van der Waals surface area contributed by atoms with E-state index in [1.165, 1.54) is 0 Å². The summed E-state index contributed by atoms with van der Waals surface area (Å²) in [5.74, 6) is -1.14. The number of nitrogens with one attached hydrogen (secondary N) is 1. The Balaban J connectivity index is 2.19. The standard InChI is InChI=1S/C12H20F3NO/c1-2-7-17-8-6-16-11-5-3-4-10(9-11)12(13,14)15/h2,10-11,16H,1,3-9H2. The predicted molar refractivity (Wildman–Crippen MR) is 60.8 cm³/mol. The molecule has 0 aromatic heterocycles. The Bertz CT molecular complexity index is 230. The average Bonchev–Trinajstić information content (AvgIpc) is 2.28. The lowest BCUT2D eigenvalue weighted by Crippen LogP contribution is -2.40. The Labute approximate surface area is 100 Å². The normalized spacial score (nSPS) is 25.8. The molecule has 0 saturated heterocycles. The quantitative estimate of drug-likeness (QED) is 0.579. The van der Waals surface area contributed by atoms with Crippen LogP contribution in [0.4, 0.5) is 13.2 Å². The molecule has 1 N–H and O–H groups in total. The highest BCUT2D eigenvalue weighted by Gasteiger charge is 2.41. The molecule has 17 heavy (non-hydrogen) atoms. The van der Waals surface area contributed by atoms with Crippen LogP contribution in [0.2, 0.25) is 0 Å². The summed E-state index contributed by atoms with van der Waals surface area (Å²) in [5.41, 5.74) is 0. The van der Waals surface area contributed by atoms with Crippen molar-refractivity contribution in [2.24, 2.45) is 5.92 Å². The molecular formula is C12H20F3NO. The van der Waals surface area contributed by atoms with Crippen molar-refractivity contribution in [2.45, 2.75) is 37.9 Å². The number of ether oxygens (including phenoxy) is 1. The zero-order valence-electron chi connectivity index (χ0n) is 9.93. The Hall–Kier alpha value is -0.550. The van der Waals surface area contributed by atoms with E-state index in [0.29, 0.717) is 26.2 Å². The average molecular weight is 251 g/mol. The van der Waals surface area contributed by atoms with Gasteiger partial charge in [0.25, 0.3) is 0 Å². The Morgan fingerprint density at radius 2 is 2.12 bits per heavy atom. The molecule has 0 amide bonds. The van der Waals surface area contributed by atoms with E-state index in [9.17, 15) is 13.2 Å². The van der Waals surface area contributed by atoms with Crippen LogP contribution in [-0.4, -0.2) is 32.0 Å². The molecule has 0 spiro atoms. The van der Waals surface area contributed by atoms with Gasteiger partial charge in [0.15, 0.2) is 0 Å². The van der Waals surface area contributed by atoms with Crippen LogP contribution in [0.3, 0.4) is 0 Å². The predicted octanol–water partition coefficient (Wildman–Crippen LogP) is 2.90. The van der Waals surface area contributed by atoms with E-state index in [1.807, 2.05) is 0 Å². The monoisotopic (exact) mass is 251 g/mol. The Morgan fingerprint density at radius 3 is 2.76 bits per heavy atom. The zero-order valence-corrected chi connectivity index (χ0v) is 9.93. The number of hydrogen-bond donors (Lipinski definition) is 1. The SMILES string of the molecule is C=CCOCCNC1CCCC(C(F)(F)F)C1. The summed E-state index contributed by atoms with van der Waals surface area (Å²) >= 11 is 0. The summed E-state index contributed by atoms with van der Waals surface area (Å²) in [7, 11) is 0. The molecule has 0 bridgehead atoms. The third kappa shape index (κ3) is 5.55. The second-order valence-corrected chi connectivity index (χ2v) is 4.42. The van der Waals surface area contributed by atoms with Crippen molar-refractivity contribution < 1.29 is 17.9 Å². The summed E-state index contributed by atoms with van der Waals surface area (Å²) in [6, 6.07) is -0.0253. The maximum Gasteiger partial charge on any atom is 0.391 e. The van der Waals surface area contributed by atoms with Crippen LogP contribution in [0.15, 0.2) is 12.7 Å². The van der Waals surface area contributed by atoms with Gasteiger partial charge in [-0.1, -0.05) is 12.5 Å². The van der Waals surface area contributed by atoms with Gasteiger partial charge < -0.3 is 10.1 Å². The van der Waals surface area contributed by atoms with E-state index >= 15 is 0 Å². The topological polar surface area (TPSA) is 21.3 Å². The molecule has 1 aliphatic carbocycles. The second-order valence-electron chi connectivity index (χ2n) is 4.42. The van der Waals surface area contributed by atoms with Gasteiger partial charge in [-0.15, -0.1) is 6.58 Å².